The van der Waals surface area contributed by atoms with Crippen molar-refractivity contribution in [3.05, 3.63) is 52.5 Å². The molecule has 0 radical (unpaired) electrons. The smallest absolute Gasteiger partial charge is 0.265 e. The van der Waals surface area contributed by atoms with Gasteiger partial charge in [0, 0.05) is 10.7 Å². The van der Waals surface area contributed by atoms with Gasteiger partial charge >= 0.3 is 0 Å². The maximum atomic E-state index is 12.4. The number of aryl methyl sites for hydroxylation is 2. The Morgan fingerprint density at radius 2 is 1.73 bits per heavy atom. The predicted octanol–water partition coefficient (Wildman–Crippen LogP) is 5.54. The average molecular weight is 376 g/mol. The van der Waals surface area contributed by atoms with Crippen LogP contribution in [0.2, 0.25) is 5.02 Å². The molecule has 0 saturated carbocycles. The SMILES string of the molecule is CCCCOc1ccc(NC(=O)C(C)Oc2cc(C)c(Cl)c(C)c2)cc1. The van der Waals surface area contributed by atoms with E-state index in [1.54, 1.807) is 6.92 Å². The van der Waals surface area contributed by atoms with Crippen LogP contribution in [0.25, 0.3) is 0 Å². The number of ether oxygens (including phenoxy) is 2. The summed E-state index contributed by atoms with van der Waals surface area (Å²) >= 11 is 6.16. The summed E-state index contributed by atoms with van der Waals surface area (Å²) in [6.45, 7) is 8.37. The van der Waals surface area contributed by atoms with Crippen molar-refractivity contribution in [3.63, 3.8) is 0 Å². The number of unbranched alkanes of at least 4 members (excludes halogenated alkanes) is 1. The number of amides is 1. The van der Waals surface area contributed by atoms with Crippen LogP contribution >= 0.6 is 11.6 Å². The predicted molar refractivity (Wildman–Crippen MR) is 106 cm³/mol. The minimum atomic E-state index is -0.629. The van der Waals surface area contributed by atoms with Crippen molar-refractivity contribution in [2.45, 2.75) is 46.6 Å². The van der Waals surface area contributed by atoms with Crippen LogP contribution in [-0.2, 0) is 4.79 Å². The summed E-state index contributed by atoms with van der Waals surface area (Å²) in [6.07, 6.45) is 1.49. The lowest BCUT2D eigenvalue weighted by molar-refractivity contribution is -0.122. The van der Waals surface area contributed by atoms with Crippen LogP contribution in [-0.4, -0.2) is 18.6 Å². The summed E-state index contributed by atoms with van der Waals surface area (Å²) in [6, 6.07) is 11.0. The topological polar surface area (TPSA) is 47.6 Å². The highest BCUT2D eigenvalue weighted by Crippen LogP contribution is 2.26. The Morgan fingerprint density at radius 3 is 2.31 bits per heavy atom. The normalized spacial score (nSPS) is 11.7. The van der Waals surface area contributed by atoms with Gasteiger partial charge in [-0.1, -0.05) is 24.9 Å². The lowest BCUT2D eigenvalue weighted by Gasteiger charge is -2.16. The first-order valence-corrected chi connectivity index (χ1v) is 9.25. The summed E-state index contributed by atoms with van der Waals surface area (Å²) in [7, 11) is 0. The van der Waals surface area contributed by atoms with Crippen LogP contribution in [0.3, 0.4) is 0 Å². The molecule has 0 fully saturated rings. The molecule has 0 aromatic heterocycles. The molecule has 0 aliphatic heterocycles. The number of hydrogen-bond acceptors (Lipinski definition) is 3. The number of rotatable bonds is 8. The molecule has 1 atom stereocenters. The van der Waals surface area contributed by atoms with Crippen molar-refractivity contribution >= 4 is 23.2 Å². The third-order valence-electron chi connectivity index (χ3n) is 3.98. The van der Waals surface area contributed by atoms with Gasteiger partial charge < -0.3 is 14.8 Å². The summed E-state index contributed by atoms with van der Waals surface area (Å²) in [4.78, 5) is 12.4. The van der Waals surface area contributed by atoms with Crippen LogP contribution in [0.15, 0.2) is 36.4 Å². The van der Waals surface area contributed by atoms with Crippen molar-refractivity contribution in [1.82, 2.24) is 0 Å². The second-order valence-corrected chi connectivity index (χ2v) is 6.72. The molecule has 140 valence electrons. The number of benzene rings is 2. The molecule has 0 aliphatic rings. The van der Waals surface area contributed by atoms with Crippen LogP contribution in [0.1, 0.15) is 37.8 Å². The van der Waals surface area contributed by atoms with Gasteiger partial charge in [-0.15, -0.1) is 0 Å². The largest absolute Gasteiger partial charge is 0.494 e. The van der Waals surface area contributed by atoms with Gasteiger partial charge in [-0.25, -0.2) is 0 Å². The van der Waals surface area contributed by atoms with E-state index >= 15 is 0 Å². The van der Waals surface area contributed by atoms with Crippen molar-refractivity contribution in [2.75, 3.05) is 11.9 Å². The maximum absolute atomic E-state index is 12.4. The Kier molecular flexibility index (Phi) is 7.34. The van der Waals surface area contributed by atoms with Gasteiger partial charge in [0.15, 0.2) is 6.10 Å². The third kappa shape index (κ3) is 5.67. The molecule has 0 heterocycles. The lowest BCUT2D eigenvalue weighted by atomic mass is 10.1. The van der Waals surface area contributed by atoms with Crippen molar-refractivity contribution in [1.29, 1.82) is 0 Å². The molecule has 0 aliphatic carbocycles. The highest BCUT2D eigenvalue weighted by Gasteiger charge is 2.16. The minimum absolute atomic E-state index is 0.213. The highest BCUT2D eigenvalue weighted by molar-refractivity contribution is 6.32. The van der Waals surface area contributed by atoms with Gasteiger partial charge in [-0.05, 0) is 74.7 Å². The number of nitrogens with one attached hydrogen (secondary N) is 1. The Balaban J connectivity index is 1.92. The van der Waals surface area contributed by atoms with E-state index in [0.717, 1.165) is 34.7 Å². The second-order valence-electron chi connectivity index (χ2n) is 6.35. The van der Waals surface area contributed by atoms with Crippen molar-refractivity contribution in [3.8, 4) is 11.5 Å². The zero-order chi connectivity index (χ0) is 19.1. The quantitative estimate of drug-likeness (QED) is 0.616. The van der Waals surface area contributed by atoms with Gasteiger partial charge in [-0.3, -0.25) is 4.79 Å². The molecule has 2 aromatic rings. The lowest BCUT2D eigenvalue weighted by Crippen LogP contribution is -2.30. The number of hydrogen-bond donors (Lipinski definition) is 1. The molecule has 4 nitrogen and oxygen atoms in total. The maximum Gasteiger partial charge on any atom is 0.265 e. The number of carbonyl (C=O) groups is 1. The van der Waals surface area contributed by atoms with E-state index in [-0.39, 0.29) is 5.91 Å². The number of carbonyl (C=O) groups excluding carboxylic acids is 1. The van der Waals surface area contributed by atoms with E-state index in [4.69, 9.17) is 21.1 Å². The van der Waals surface area contributed by atoms with E-state index in [9.17, 15) is 4.79 Å². The first-order valence-electron chi connectivity index (χ1n) is 8.87. The zero-order valence-corrected chi connectivity index (χ0v) is 16.5. The fraction of sp³-hybridized carbons (Fsp3) is 0.381. The fourth-order valence-electron chi connectivity index (χ4n) is 2.44. The molecule has 2 aromatic carbocycles. The molecule has 1 amide bonds. The summed E-state index contributed by atoms with van der Waals surface area (Å²) < 4.78 is 11.4. The van der Waals surface area contributed by atoms with Gasteiger partial charge in [0.25, 0.3) is 5.91 Å². The standard InChI is InChI=1S/C21H26ClNO3/c1-5-6-11-25-18-9-7-17(8-10-18)23-21(24)16(4)26-19-12-14(2)20(22)15(3)13-19/h7-10,12-13,16H,5-6,11H2,1-4H3,(H,23,24). The first kappa shape index (κ1) is 20.1. The second kappa shape index (κ2) is 9.48. The van der Waals surface area contributed by atoms with E-state index in [1.165, 1.54) is 0 Å². The molecule has 26 heavy (non-hydrogen) atoms. The van der Waals surface area contributed by atoms with Gasteiger partial charge in [0.1, 0.15) is 11.5 Å². The van der Waals surface area contributed by atoms with Crippen LogP contribution < -0.4 is 14.8 Å². The molecule has 0 spiro atoms. The summed E-state index contributed by atoms with van der Waals surface area (Å²) in [5.74, 6) is 1.22. The molecule has 0 bridgehead atoms. The van der Waals surface area contributed by atoms with E-state index in [0.29, 0.717) is 18.0 Å². The highest BCUT2D eigenvalue weighted by atomic mass is 35.5. The van der Waals surface area contributed by atoms with Crippen molar-refractivity contribution in [2.24, 2.45) is 0 Å². The molecular weight excluding hydrogens is 350 g/mol. The Bertz CT molecular complexity index is 720. The molecule has 2 rings (SSSR count). The first-order chi connectivity index (χ1) is 12.4. The molecule has 0 saturated heterocycles. The van der Waals surface area contributed by atoms with E-state index in [2.05, 4.69) is 12.2 Å². The number of anilines is 1. The Hall–Kier alpha value is -2.20. The fourth-order valence-corrected chi connectivity index (χ4v) is 2.55. The minimum Gasteiger partial charge on any atom is -0.494 e. The van der Waals surface area contributed by atoms with Crippen LogP contribution in [0.5, 0.6) is 11.5 Å². The van der Waals surface area contributed by atoms with Crippen LogP contribution in [0.4, 0.5) is 5.69 Å². The van der Waals surface area contributed by atoms with Gasteiger partial charge in [0.05, 0.1) is 6.61 Å². The zero-order valence-electron chi connectivity index (χ0n) is 15.8. The number of halogens is 1. The van der Waals surface area contributed by atoms with E-state index in [1.807, 2.05) is 50.2 Å². The molecular formula is C21H26ClNO3. The molecule has 1 unspecified atom stereocenters. The Labute approximate surface area is 160 Å². The average Bonchev–Trinajstić information content (AvgIpc) is 2.61. The summed E-state index contributed by atoms with van der Waals surface area (Å²) in [5, 5.41) is 3.57. The Morgan fingerprint density at radius 1 is 1.12 bits per heavy atom. The third-order valence-corrected chi connectivity index (χ3v) is 4.58. The van der Waals surface area contributed by atoms with Gasteiger partial charge in [-0.2, -0.15) is 0 Å². The monoisotopic (exact) mass is 375 g/mol. The van der Waals surface area contributed by atoms with Crippen LogP contribution in [0, 0.1) is 13.8 Å². The van der Waals surface area contributed by atoms with Crippen molar-refractivity contribution < 1.29 is 14.3 Å². The van der Waals surface area contributed by atoms with E-state index < -0.39 is 6.10 Å². The summed E-state index contributed by atoms with van der Waals surface area (Å²) in [5.41, 5.74) is 2.55. The molecule has 1 N–H and O–H groups in total. The van der Waals surface area contributed by atoms with Gasteiger partial charge in [0.2, 0.25) is 0 Å². The molecule has 5 heteroatoms.